The summed E-state index contributed by atoms with van der Waals surface area (Å²) >= 11 is 0. The van der Waals surface area contributed by atoms with Gasteiger partial charge in [-0.1, -0.05) is 43.2 Å². The molecule has 2 fully saturated rings. The van der Waals surface area contributed by atoms with Gasteiger partial charge in [0.1, 0.15) is 12.1 Å². The van der Waals surface area contributed by atoms with Crippen molar-refractivity contribution in [2.24, 2.45) is 11.8 Å². The fraction of sp³-hybridized carbons (Fsp3) is 0.526. The minimum atomic E-state index is -0.873. The number of likely N-dealkylation sites (tertiary alicyclic amines) is 1. The van der Waals surface area contributed by atoms with Gasteiger partial charge in [-0.3, -0.25) is 14.5 Å². The van der Waals surface area contributed by atoms with E-state index in [4.69, 9.17) is 4.74 Å². The standard InChI is InChI=1S/C19H23NO4/c1-12(19(23)24-13(2)14-8-4-3-5-9-14)20-17(21)15-10-6-7-11-16(15)18(20)22/h3-5,8-9,12-13,15-16H,6-7,10-11H2,1-2H3. The fourth-order valence-electron chi connectivity index (χ4n) is 3.74. The van der Waals surface area contributed by atoms with E-state index in [1.807, 2.05) is 30.3 Å². The van der Waals surface area contributed by atoms with E-state index in [0.717, 1.165) is 36.1 Å². The first kappa shape index (κ1) is 16.7. The van der Waals surface area contributed by atoms with Crippen LogP contribution in [0.3, 0.4) is 0 Å². The maximum atomic E-state index is 12.5. The van der Waals surface area contributed by atoms with Crippen LogP contribution >= 0.6 is 0 Å². The van der Waals surface area contributed by atoms with Crippen molar-refractivity contribution in [1.82, 2.24) is 4.90 Å². The number of hydrogen-bond acceptors (Lipinski definition) is 4. The van der Waals surface area contributed by atoms with Crippen molar-refractivity contribution in [3.63, 3.8) is 0 Å². The molecule has 1 saturated carbocycles. The quantitative estimate of drug-likeness (QED) is 0.629. The average Bonchev–Trinajstić information content (AvgIpc) is 2.86. The molecule has 5 heteroatoms. The molecule has 5 nitrogen and oxygen atoms in total. The van der Waals surface area contributed by atoms with Crippen LogP contribution in [0.1, 0.15) is 51.2 Å². The molecule has 128 valence electrons. The van der Waals surface area contributed by atoms with Crippen molar-refractivity contribution in [3.05, 3.63) is 35.9 Å². The maximum absolute atomic E-state index is 12.5. The van der Waals surface area contributed by atoms with E-state index >= 15 is 0 Å². The zero-order valence-corrected chi connectivity index (χ0v) is 14.1. The van der Waals surface area contributed by atoms with Gasteiger partial charge in [-0.2, -0.15) is 0 Å². The molecule has 24 heavy (non-hydrogen) atoms. The predicted molar refractivity (Wildman–Crippen MR) is 87.7 cm³/mol. The Morgan fingerprint density at radius 3 is 2.12 bits per heavy atom. The third kappa shape index (κ3) is 2.95. The molecular weight excluding hydrogens is 306 g/mol. The molecule has 1 aliphatic carbocycles. The number of rotatable bonds is 4. The highest BCUT2D eigenvalue weighted by Crippen LogP contribution is 2.39. The van der Waals surface area contributed by atoms with E-state index in [0.29, 0.717) is 0 Å². The molecule has 0 N–H and O–H groups in total. The van der Waals surface area contributed by atoms with Gasteiger partial charge in [0.05, 0.1) is 11.8 Å². The van der Waals surface area contributed by atoms with Gasteiger partial charge in [0.15, 0.2) is 0 Å². The van der Waals surface area contributed by atoms with Gasteiger partial charge in [0.25, 0.3) is 0 Å². The lowest BCUT2D eigenvalue weighted by atomic mass is 9.81. The number of benzene rings is 1. The second-order valence-corrected chi connectivity index (χ2v) is 6.71. The Morgan fingerprint density at radius 1 is 1.04 bits per heavy atom. The molecule has 0 aromatic heterocycles. The zero-order valence-electron chi connectivity index (χ0n) is 14.1. The van der Waals surface area contributed by atoms with Gasteiger partial charge in [0.2, 0.25) is 11.8 Å². The largest absolute Gasteiger partial charge is 0.456 e. The van der Waals surface area contributed by atoms with Crippen LogP contribution in [0, 0.1) is 11.8 Å². The number of amides is 2. The molecule has 1 aliphatic heterocycles. The van der Waals surface area contributed by atoms with Gasteiger partial charge >= 0.3 is 5.97 Å². The third-order valence-corrected chi connectivity index (χ3v) is 5.17. The van der Waals surface area contributed by atoms with E-state index in [2.05, 4.69) is 0 Å². The number of esters is 1. The van der Waals surface area contributed by atoms with Gasteiger partial charge in [-0.25, -0.2) is 4.79 Å². The summed E-state index contributed by atoms with van der Waals surface area (Å²) in [5.74, 6) is -1.43. The van der Waals surface area contributed by atoms with Gasteiger partial charge < -0.3 is 4.74 Å². The average molecular weight is 329 g/mol. The molecule has 0 radical (unpaired) electrons. The maximum Gasteiger partial charge on any atom is 0.329 e. The number of fused-ring (bicyclic) bond motifs is 1. The lowest BCUT2D eigenvalue weighted by molar-refractivity contribution is -0.161. The van der Waals surface area contributed by atoms with E-state index in [-0.39, 0.29) is 23.7 Å². The third-order valence-electron chi connectivity index (χ3n) is 5.17. The Balaban J connectivity index is 1.69. The lowest BCUT2D eigenvalue weighted by Gasteiger charge is -2.23. The summed E-state index contributed by atoms with van der Waals surface area (Å²) in [5.41, 5.74) is 0.880. The normalized spacial score (nSPS) is 26.0. The Hall–Kier alpha value is -2.17. The highest BCUT2D eigenvalue weighted by atomic mass is 16.5. The molecule has 4 atom stereocenters. The predicted octanol–water partition coefficient (Wildman–Crippen LogP) is 2.85. The molecule has 4 unspecified atom stereocenters. The van der Waals surface area contributed by atoms with Gasteiger partial charge in [0, 0.05) is 0 Å². The van der Waals surface area contributed by atoms with Crippen LogP contribution in [0.2, 0.25) is 0 Å². The summed E-state index contributed by atoms with van der Waals surface area (Å²) in [6.07, 6.45) is 3.01. The molecule has 1 saturated heterocycles. The molecule has 1 aromatic carbocycles. The van der Waals surface area contributed by atoms with Crippen LogP contribution in [-0.2, 0) is 19.1 Å². The molecule has 3 rings (SSSR count). The number of hydrogen-bond donors (Lipinski definition) is 0. The number of ether oxygens (including phenoxy) is 1. The summed E-state index contributed by atoms with van der Waals surface area (Å²) in [4.78, 5) is 38.7. The first-order chi connectivity index (χ1) is 11.5. The number of carbonyl (C=O) groups is 3. The lowest BCUT2D eigenvalue weighted by Crippen LogP contribution is -2.44. The molecule has 2 amide bonds. The Kier molecular flexibility index (Phi) is 4.69. The molecule has 1 heterocycles. The smallest absolute Gasteiger partial charge is 0.329 e. The summed E-state index contributed by atoms with van der Waals surface area (Å²) in [6.45, 7) is 3.36. The summed E-state index contributed by atoms with van der Waals surface area (Å²) in [5, 5.41) is 0. The van der Waals surface area contributed by atoms with Crippen LogP contribution in [0.4, 0.5) is 0 Å². The van der Waals surface area contributed by atoms with Crippen LogP contribution in [0.25, 0.3) is 0 Å². The highest BCUT2D eigenvalue weighted by molar-refractivity contribution is 6.07. The summed E-state index contributed by atoms with van der Waals surface area (Å²) in [7, 11) is 0. The Morgan fingerprint density at radius 2 is 1.58 bits per heavy atom. The molecule has 1 aromatic rings. The summed E-state index contributed by atoms with van der Waals surface area (Å²) < 4.78 is 5.48. The second-order valence-electron chi connectivity index (χ2n) is 6.71. The van der Waals surface area contributed by atoms with Gasteiger partial charge in [-0.05, 0) is 32.3 Å². The highest BCUT2D eigenvalue weighted by Gasteiger charge is 2.51. The van der Waals surface area contributed by atoms with Crippen LogP contribution in [0.5, 0.6) is 0 Å². The van der Waals surface area contributed by atoms with Gasteiger partial charge in [-0.15, -0.1) is 0 Å². The Bertz CT molecular complexity index is 618. The second kappa shape index (κ2) is 6.75. The molecule has 0 bridgehead atoms. The zero-order chi connectivity index (χ0) is 17.3. The molecule has 0 spiro atoms. The van der Waals surface area contributed by atoms with Crippen LogP contribution in [-0.4, -0.2) is 28.7 Å². The summed E-state index contributed by atoms with van der Waals surface area (Å²) in [6, 6.07) is 8.53. The van der Waals surface area contributed by atoms with E-state index in [9.17, 15) is 14.4 Å². The van der Waals surface area contributed by atoms with Crippen molar-refractivity contribution in [3.8, 4) is 0 Å². The molecule has 2 aliphatic rings. The minimum absolute atomic E-state index is 0.207. The van der Waals surface area contributed by atoms with Crippen molar-refractivity contribution in [2.75, 3.05) is 0 Å². The topological polar surface area (TPSA) is 63.7 Å². The fourth-order valence-corrected chi connectivity index (χ4v) is 3.74. The number of carbonyl (C=O) groups excluding carboxylic acids is 3. The monoisotopic (exact) mass is 329 g/mol. The van der Waals surface area contributed by atoms with E-state index in [1.165, 1.54) is 0 Å². The molecular formula is C19H23NO4. The number of imide groups is 1. The van der Waals surface area contributed by atoms with Crippen molar-refractivity contribution < 1.29 is 19.1 Å². The van der Waals surface area contributed by atoms with Crippen molar-refractivity contribution >= 4 is 17.8 Å². The minimum Gasteiger partial charge on any atom is -0.456 e. The van der Waals surface area contributed by atoms with Crippen LogP contribution < -0.4 is 0 Å². The first-order valence-corrected chi connectivity index (χ1v) is 8.63. The van der Waals surface area contributed by atoms with Crippen molar-refractivity contribution in [2.45, 2.75) is 51.7 Å². The Labute approximate surface area is 142 Å². The van der Waals surface area contributed by atoms with E-state index in [1.54, 1.807) is 13.8 Å². The first-order valence-electron chi connectivity index (χ1n) is 8.63. The van der Waals surface area contributed by atoms with Crippen molar-refractivity contribution in [1.29, 1.82) is 0 Å². The SMILES string of the molecule is CC(OC(=O)C(C)N1C(=O)C2CCCCC2C1=O)c1ccccc1. The van der Waals surface area contributed by atoms with Crippen LogP contribution in [0.15, 0.2) is 30.3 Å². The van der Waals surface area contributed by atoms with E-state index < -0.39 is 18.1 Å². The number of nitrogens with zero attached hydrogens (tertiary/aromatic N) is 1.